The molecule has 0 bridgehead atoms. The lowest BCUT2D eigenvalue weighted by Gasteiger charge is -2.36. The van der Waals surface area contributed by atoms with Crippen LogP contribution in [0.3, 0.4) is 0 Å². The van der Waals surface area contributed by atoms with Crippen LogP contribution in [0.1, 0.15) is 44.9 Å². The van der Waals surface area contributed by atoms with Crippen LogP contribution in [0.2, 0.25) is 0 Å². The van der Waals surface area contributed by atoms with Crippen LogP contribution in [0.25, 0.3) is 0 Å². The van der Waals surface area contributed by atoms with E-state index in [1.165, 1.54) is 23.9 Å². The largest absolute Gasteiger partial charge is 0.347 e. The zero-order valence-electron chi connectivity index (χ0n) is 17.9. The predicted octanol–water partition coefficient (Wildman–Crippen LogP) is 1.54. The number of carbonyl (C=O) groups excluding carboxylic acids is 1. The Kier molecular flexibility index (Phi) is 6.11. The fourth-order valence-corrected chi connectivity index (χ4v) is 5.24. The fourth-order valence-electron chi connectivity index (χ4n) is 3.89. The molecule has 2 aromatic heterocycles. The zero-order valence-corrected chi connectivity index (χ0v) is 19.5. The van der Waals surface area contributed by atoms with Crippen molar-refractivity contribution in [3.63, 3.8) is 0 Å². The molecule has 1 unspecified atom stereocenters. The van der Waals surface area contributed by atoms with Gasteiger partial charge in [-0.25, -0.2) is 23.4 Å². The maximum atomic E-state index is 12.9. The van der Waals surface area contributed by atoms with Gasteiger partial charge in [-0.3, -0.25) is 4.79 Å². The Morgan fingerprint density at radius 1 is 1.13 bits per heavy atom. The monoisotopic (exact) mass is 465 g/mol. The molecule has 1 atom stereocenters. The molecule has 2 aliphatic rings. The molecule has 4 rings (SSSR count). The lowest BCUT2D eigenvalue weighted by molar-refractivity contribution is -0.130. The van der Waals surface area contributed by atoms with Gasteiger partial charge in [0, 0.05) is 49.4 Å². The number of amides is 1. The number of likely N-dealkylation sites (tertiary alicyclic amines) is 1. The van der Waals surface area contributed by atoms with Crippen LogP contribution in [0.4, 0.5) is 11.1 Å². The van der Waals surface area contributed by atoms with E-state index in [2.05, 4.69) is 43.4 Å². The molecule has 2 fully saturated rings. The van der Waals surface area contributed by atoms with E-state index in [0.29, 0.717) is 18.9 Å². The standard InChI is InChI=1S/C19H27N7O3S2/c1-12(2)16-23-19(30-24-16)25-7-4-13(5-8-25)26-9-6-15(17(26)27)22-18-20-10-14(11-21-18)31(3,28)29/h10-13,15H,4-9H2,1-3H3,(H,20,21,22). The Morgan fingerprint density at radius 2 is 1.81 bits per heavy atom. The molecule has 2 saturated heterocycles. The van der Waals surface area contributed by atoms with Crippen LogP contribution in [0.5, 0.6) is 0 Å². The minimum absolute atomic E-state index is 0.0484. The van der Waals surface area contributed by atoms with Crippen molar-refractivity contribution < 1.29 is 13.2 Å². The van der Waals surface area contributed by atoms with Crippen molar-refractivity contribution >= 4 is 38.4 Å². The number of nitrogens with zero attached hydrogens (tertiary/aromatic N) is 6. The smallest absolute Gasteiger partial charge is 0.245 e. The summed E-state index contributed by atoms with van der Waals surface area (Å²) < 4.78 is 27.5. The molecule has 0 aromatic carbocycles. The summed E-state index contributed by atoms with van der Waals surface area (Å²) in [4.78, 5) is 30.0. The summed E-state index contributed by atoms with van der Waals surface area (Å²) >= 11 is 1.45. The van der Waals surface area contributed by atoms with E-state index in [9.17, 15) is 13.2 Å². The molecule has 2 aliphatic heterocycles. The quantitative estimate of drug-likeness (QED) is 0.677. The van der Waals surface area contributed by atoms with Crippen LogP contribution in [-0.4, -0.2) is 76.5 Å². The molecule has 0 spiro atoms. The zero-order chi connectivity index (χ0) is 22.2. The first kappa shape index (κ1) is 21.9. The summed E-state index contributed by atoms with van der Waals surface area (Å²) in [5, 5.41) is 4.01. The average molecular weight is 466 g/mol. The molecule has 0 radical (unpaired) electrons. The van der Waals surface area contributed by atoms with Crippen LogP contribution in [-0.2, 0) is 14.6 Å². The van der Waals surface area contributed by atoms with Crippen molar-refractivity contribution in [2.75, 3.05) is 36.1 Å². The van der Waals surface area contributed by atoms with Crippen molar-refractivity contribution in [1.29, 1.82) is 0 Å². The molecular formula is C19H27N7O3S2. The number of hydrogen-bond donors (Lipinski definition) is 1. The molecule has 168 valence electrons. The number of piperidine rings is 1. The Bertz CT molecular complexity index is 1030. The van der Waals surface area contributed by atoms with E-state index in [1.54, 1.807) is 0 Å². The number of nitrogens with one attached hydrogen (secondary N) is 1. The highest BCUT2D eigenvalue weighted by atomic mass is 32.2. The highest BCUT2D eigenvalue weighted by Crippen LogP contribution is 2.28. The topological polar surface area (TPSA) is 121 Å². The van der Waals surface area contributed by atoms with Crippen molar-refractivity contribution in [3.8, 4) is 0 Å². The summed E-state index contributed by atoms with van der Waals surface area (Å²) in [6, 6.07) is -0.180. The number of carbonyl (C=O) groups is 1. The lowest BCUT2D eigenvalue weighted by atomic mass is 10.0. The highest BCUT2D eigenvalue weighted by Gasteiger charge is 2.37. The van der Waals surface area contributed by atoms with Gasteiger partial charge in [0.25, 0.3) is 0 Å². The van der Waals surface area contributed by atoms with Crippen molar-refractivity contribution in [1.82, 2.24) is 24.2 Å². The molecule has 1 amide bonds. The summed E-state index contributed by atoms with van der Waals surface area (Å²) in [5.74, 6) is 1.52. The molecule has 10 nitrogen and oxygen atoms in total. The van der Waals surface area contributed by atoms with E-state index in [0.717, 1.165) is 43.1 Å². The lowest BCUT2D eigenvalue weighted by Crippen LogP contribution is -2.47. The Morgan fingerprint density at radius 3 is 2.39 bits per heavy atom. The molecule has 4 heterocycles. The SMILES string of the molecule is CC(C)c1nsc(N2CCC(N3CCC(Nc4ncc(S(C)(=O)=O)cn4)C3=O)CC2)n1. The van der Waals surface area contributed by atoms with Gasteiger partial charge in [-0.05, 0) is 19.3 Å². The number of anilines is 2. The van der Waals surface area contributed by atoms with E-state index in [4.69, 9.17) is 0 Å². The summed E-state index contributed by atoms with van der Waals surface area (Å²) in [5.41, 5.74) is 0. The third kappa shape index (κ3) is 4.79. The number of sulfone groups is 1. The average Bonchev–Trinajstić information content (AvgIpc) is 3.36. The second kappa shape index (κ2) is 8.65. The highest BCUT2D eigenvalue weighted by molar-refractivity contribution is 7.90. The maximum absolute atomic E-state index is 12.9. The van der Waals surface area contributed by atoms with Crippen molar-refractivity contribution in [2.45, 2.75) is 56.0 Å². The van der Waals surface area contributed by atoms with Gasteiger partial charge in [0.05, 0.1) is 12.4 Å². The minimum Gasteiger partial charge on any atom is -0.347 e. The molecule has 0 aliphatic carbocycles. The van der Waals surface area contributed by atoms with E-state index in [-0.39, 0.29) is 28.8 Å². The number of hydrogen-bond acceptors (Lipinski definition) is 10. The fraction of sp³-hybridized carbons (Fsp3) is 0.632. The summed E-state index contributed by atoms with van der Waals surface area (Å²) in [6.45, 7) is 6.59. The third-order valence-corrected chi connectivity index (χ3v) is 7.58. The first-order chi connectivity index (χ1) is 14.7. The van der Waals surface area contributed by atoms with Gasteiger partial charge < -0.3 is 15.1 Å². The van der Waals surface area contributed by atoms with Crippen LogP contribution in [0, 0.1) is 0 Å². The molecule has 1 N–H and O–H groups in total. The Balaban J connectivity index is 1.32. The number of rotatable bonds is 6. The van der Waals surface area contributed by atoms with E-state index >= 15 is 0 Å². The van der Waals surface area contributed by atoms with Crippen LogP contribution >= 0.6 is 11.5 Å². The maximum Gasteiger partial charge on any atom is 0.245 e. The third-order valence-electron chi connectivity index (χ3n) is 5.72. The normalized spacial score (nSPS) is 20.6. The molecule has 12 heteroatoms. The minimum atomic E-state index is -3.35. The van der Waals surface area contributed by atoms with E-state index < -0.39 is 9.84 Å². The van der Waals surface area contributed by atoms with Gasteiger partial charge in [-0.1, -0.05) is 13.8 Å². The van der Waals surface area contributed by atoms with Crippen LogP contribution < -0.4 is 10.2 Å². The van der Waals surface area contributed by atoms with Gasteiger partial charge in [0.2, 0.25) is 17.0 Å². The van der Waals surface area contributed by atoms with Gasteiger partial charge in [-0.15, -0.1) is 0 Å². The molecule has 2 aromatic rings. The summed E-state index contributed by atoms with van der Waals surface area (Å²) in [7, 11) is -3.35. The second-order valence-corrected chi connectivity index (χ2v) is 11.1. The summed E-state index contributed by atoms with van der Waals surface area (Å²) in [6.07, 6.45) is 6.09. The second-order valence-electron chi connectivity index (χ2n) is 8.34. The van der Waals surface area contributed by atoms with Crippen LogP contribution in [0.15, 0.2) is 17.3 Å². The first-order valence-electron chi connectivity index (χ1n) is 10.4. The van der Waals surface area contributed by atoms with E-state index in [1.807, 2.05) is 4.90 Å². The first-order valence-corrected chi connectivity index (χ1v) is 13.1. The van der Waals surface area contributed by atoms with Crippen molar-refractivity contribution in [2.24, 2.45) is 0 Å². The molecule has 31 heavy (non-hydrogen) atoms. The Labute approximate surface area is 186 Å². The number of aromatic nitrogens is 4. The van der Waals surface area contributed by atoms with Gasteiger partial charge in [-0.2, -0.15) is 4.37 Å². The van der Waals surface area contributed by atoms with Gasteiger partial charge in [0.1, 0.15) is 16.8 Å². The van der Waals surface area contributed by atoms with Gasteiger partial charge in [0.15, 0.2) is 9.84 Å². The van der Waals surface area contributed by atoms with Crippen molar-refractivity contribution in [3.05, 3.63) is 18.2 Å². The Hall–Kier alpha value is -2.34. The molecular weight excluding hydrogens is 438 g/mol. The molecule has 0 saturated carbocycles. The van der Waals surface area contributed by atoms with Gasteiger partial charge >= 0.3 is 0 Å². The predicted molar refractivity (Wildman–Crippen MR) is 118 cm³/mol.